The average molecular weight is 383 g/mol. The third-order valence-electron chi connectivity index (χ3n) is 5.30. The van der Waals surface area contributed by atoms with Crippen LogP contribution in [0.5, 0.6) is 0 Å². The molecule has 0 aliphatic carbocycles. The lowest BCUT2D eigenvalue weighted by molar-refractivity contribution is 0.112. The van der Waals surface area contributed by atoms with Crippen LogP contribution in [0.4, 0.5) is 0 Å². The van der Waals surface area contributed by atoms with Crippen molar-refractivity contribution < 1.29 is 4.79 Å². The molecule has 5 nitrogen and oxygen atoms in total. The Morgan fingerprint density at radius 1 is 1.26 bits per heavy atom. The van der Waals surface area contributed by atoms with Crippen LogP contribution >= 0.6 is 11.6 Å². The van der Waals surface area contributed by atoms with Crippen LogP contribution in [0.2, 0.25) is 5.02 Å². The second-order valence-electron chi connectivity index (χ2n) is 7.38. The summed E-state index contributed by atoms with van der Waals surface area (Å²) in [4.78, 5) is 18.6. The lowest BCUT2D eigenvalue weighted by atomic mass is 9.93. The van der Waals surface area contributed by atoms with Gasteiger partial charge in [0, 0.05) is 30.0 Å². The van der Waals surface area contributed by atoms with Gasteiger partial charge in [0.1, 0.15) is 0 Å². The van der Waals surface area contributed by atoms with Gasteiger partial charge in [-0.1, -0.05) is 23.7 Å². The zero-order valence-electron chi connectivity index (χ0n) is 15.4. The predicted molar refractivity (Wildman–Crippen MR) is 106 cm³/mol. The van der Waals surface area contributed by atoms with Gasteiger partial charge in [-0.15, -0.1) is 0 Å². The van der Waals surface area contributed by atoms with Gasteiger partial charge in [0.25, 0.3) is 0 Å². The number of carbonyl (C=O) groups is 1. The molecule has 0 saturated carbocycles. The fourth-order valence-corrected chi connectivity index (χ4v) is 4.08. The number of carbonyl (C=O) groups excluding carboxylic acids is 1. The summed E-state index contributed by atoms with van der Waals surface area (Å²) in [5.41, 5.74) is 4.30. The number of fused-ring (bicyclic) bond motifs is 1. The van der Waals surface area contributed by atoms with E-state index in [4.69, 9.17) is 16.6 Å². The highest BCUT2D eigenvalue weighted by Gasteiger charge is 2.21. The standard InChI is InChI=1S/C21H23ClN4O/c1-15-20(14-27)21-23-19(8-10-26(21)24-15)11-17-3-2-9-25(13-17)12-16-4-6-18(22)7-5-16/h4-8,10,14,17H,2-3,9,11-13H2,1H3. The smallest absolute Gasteiger partial charge is 0.166 e. The zero-order valence-corrected chi connectivity index (χ0v) is 16.2. The van der Waals surface area contributed by atoms with Crippen molar-refractivity contribution >= 4 is 23.5 Å². The summed E-state index contributed by atoms with van der Waals surface area (Å²) in [6.45, 7) is 4.99. The third-order valence-corrected chi connectivity index (χ3v) is 5.55. The molecular weight excluding hydrogens is 360 g/mol. The first-order valence-corrected chi connectivity index (χ1v) is 9.77. The SMILES string of the molecule is Cc1nn2ccc(CC3CCCN(Cc4ccc(Cl)cc4)C3)nc2c1C=O. The van der Waals surface area contributed by atoms with Crippen molar-refractivity contribution in [3.63, 3.8) is 0 Å². The van der Waals surface area contributed by atoms with Gasteiger partial charge in [-0.25, -0.2) is 9.50 Å². The molecule has 2 aromatic heterocycles. The summed E-state index contributed by atoms with van der Waals surface area (Å²) >= 11 is 5.98. The summed E-state index contributed by atoms with van der Waals surface area (Å²) in [7, 11) is 0. The zero-order chi connectivity index (χ0) is 18.8. The van der Waals surface area contributed by atoms with Gasteiger partial charge in [0.2, 0.25) is 0 Å². The third kappa shape index (κ3) is 4.04. The topological polar surface area (TPSA) is 50.5 Å². The van der Waals surface area contributed by atoms with Gasteiger partial charge in [-0.3, -0.25) is 9.69 Å². The Bertz CT molecular complexity index is 951. The van der Waals surface area contributed by atoms with E-state index in [0.717, 1.165) is 48.8 Å². The minimum absolute atomic E-state index is 0.574. The lowest BCUT2D eigenvalue weighted by Gasteiger charge is -2.32. The number of halogens is 1. The van der Waals surface area contributed by atoms with Crippen molar-refractivity contribution in [2.45, 2.75) is 32.7 Å². The Kier molecular flexibility index (Phi) is 5.23. The van der Waals surface area contributed by atoms with Gasteiger partial charge >= 0.3 is 0 Å². The molecule has 1 aliphatic rings. The van der Waals surface area contributed by atoms with E-state index in [0.29, 0.717) is 17.1 Å². The quantitative estimate of drug-likeness (QED) is 0.627. The van der Waals surface area contributed by atoms with Crippen LogP contribution in [-0.2, 0) is 13.0 Å². The van der Waals surface area contributed by atoms with E-state index in [1.54, 1.807) is 4.52 Å². The normalized spacial score (nSPS) is 18.1. The van der Waals surface area contributed by atoms with Gasteiger partial charge in [-0.2, -0.15) is 5.10 Å². The fraction of sp³-hybridized carbons (Fsp3) is 0.381. The molecule has 140 valence electrons. The van der Waals surface area contributed by atoms with E-state index in [1.807, 2.05) is 31.3 Å². The minimum atomic E-state index is 0.574. The van der Waals surface area contributed by atoms with Crippen molar-refractivity contribution in [2.24, 2.45) is 5.92 Å². The van der Waals surface area contributed by atoms with Crippen LogP contribution in [-0.4, -0.2) is 38.9 Å². The maximum atomic E-state index is 11.3. The number of aldehydes is 1. The van der Waals surface area contributed by atoms with Crippen molar-refractivity contribution in [3.05, 3.63) is 64.1 Å². The maximum absolute atomic E-state index is 11.3. The molecule has 3 heterocycles. The summed E-state index contributed by atoms with van der Waals surface area (Å²) in [6, 6.07) is 10.1. The number of benzene rings is 1. The van der Waals surface area contributed by atoms with E-state index < -0.39 is 0 Å². The maximum Gasteiger partial charge on any atom is 0.166 e. The number of hydrogen-bond donors (Lipinski definition) is 0. The number of rotatable bonds is 5. The largest absolute Gasteiger partial charge is 0.299 e. The molecule has 1 saturated heterocycles. The molecule has 1 aromatic carbocycles. The molecule has 27 heavy (non-hydrogen) atoms. The molecular formula is C21H23ClN4O. The van der Waals surface area contributed by atoms with Crippen LogP contribution < -0.4 is 0 Å². The molecule has 4 rings (SSSR count). The number of piperidine rings is 1. The average Bonchev–Trinajstić information content (AvgIpc) is 2.98. The van der Waals surface area contributed by atoms with Crippen LogP contribution in [0, 0.1) is 12.8 Å². The van der Waals surface area contributed by atoms with Crippen LogP contribution in [0.3, 0.4) is 0 Å². The summed E-state index contributed by atoms with van der Waals surface area (Å²) in [5.74, 6) is 0.574. The van der Waals surface area contributed by atoms with Crippen LogP contribution in [0.1, 0.15) is 40.2 Å². The Morgan fingerprint density at radius 2 is 2.07 bits per heavy atom. The molecule has 1 atom stereocenters. The van der Waals surface area contributed by atoms with Crippen LogP contribution in [0.15, 0.2) is 36.5 Å². The number of nitrogens with zero attached hydrogens (tertiary/aromatic N) is 4. The lowest BCUT2D eigenvalue weighted by Crippen LogP contribution is -2.35. The monoisotopic (exact) mass is 382 g/mol. The molecule has 0 bridgehead atoms. The van der Waals surface area contributed by atoms with Crippen LogP contribution in [0.25, 0.3) is 5.65 Å². The Morgan fingerprint density at radius 3 is 2.85 bits per heavy atom. The highest BCUT2D eigenvalue weighted by molar-refractivity contribution is 6.30. The van der Waals surface area contributed by atoms with Gasteiger partial charge < -0.3 is 0 Å². The van der Waals surface area contributed by atoms with Gasteiger partial charge in [0.05, 0.1) is 11.3 Å². The first-order chi connectivity index (χ1) is 13.1. The molecule has 3 aromatic rings. The molecule has 0 N–H and O–H groups in total. The Labute approximate surface area is 164 Å². The van der Waals surface area contributed by atoms with Gasteiger partial charge in [0.15, 0.2) is 11.9 Å². The molecule has 0 amide bonds. The summed E-state index contributed by atoms with van der Waals surface area (Å²) < 4.78 is 1.69. The summed E-state index contributed by atoms with van der Waals surface area (Å²) in [5, 5.41) is 5.12. The summed E-state index contributed by atoms with van der Waals surface area (Å²) in [6.07, 6.45) is 6.10. The molecule has 1 fully saturated rings. The van der Waals surface area contributed by atoms with Crippen molar-refractivity contribution in [1.29, 1.82) is 0 Å². The highest BCUT2D eigenvalue weighted by Crippen LogP contribution is 2.23. The van der Waals surface area contributed by atoms with Crippen molar-refractivity contribution in [1.82, 2.24) is 19.5 Å². The van der Waals surface area contributed by atoms with E-state index >= 15 is 0 Å². The van der Waals surface area contributed by atoms with E-state index in [2.05, 4.69) is 22.1 Å². The first-order valence-electron chi connectivity index (χ1n) is 9.39. The van der Waals surface area contributed by atoms with Crippen molar-refractivity contribution in [3.8, 4) is 0 Å². The van der Waals surface area contributed by atoms with E-state index in [1.165, 1.54) is 18.4 Å². The first kappa shape index (κ1) is 18.1. The Hall–Kier alpha value is -2.24. The number of aryl methyl sites for hydroxylation is 1. The van der Waals surface area contributed by atoms with E-state index in [9.17, 15) is 4.79 Å². The Balaban J connectivity index is 1.45. The number of likely N-dealkylation sites (tertiary alicyclic amines) is 1. The highest BCUT2D eigenvalue weighted by atomic mass is 35.5. The molecule has 6 heteroatoms. The van der Waals surface area contributed by atoms with E-state index in [-0.39, 0.29) is 0 Å². The minimum Gasteiger partial charge on any atom is -0.299 e. The van der Waals surface area contributed by atoms with Gasteiger partial charge in [-0.05, 0) is 62.4 Å². The predicted octanol–water partition coefficient (Wildman–Crippen LogP) is 3.96. The number of aromatic nitrogens is 3. The molecule has 1 aliphatic heterocycles. The number of hydrogen-bond acceptors (Lipinski definition) is 4. The molecule has 0 radical (unpaired) electrons. The molecule has 0 spiro atoms. The fourth-order valence-electron chi connectivity index (χ4n) is 3.95. The van der Waals surface area contributed by atoms with Crippen molar-refractivity contribution in [2.75, 3.05) is 13.1 Å². The molecule has 1 unspecified atom stereocenters. The second kappa shape index (κ2) is 7.79. The second-order valence-corrected chi connectivity index (χ2v) is 7.81.